The zero-order valence-corrected chi connectivity index (χ0v) is 13.4. The van der Waals surface area contributed by atoms with Gasteiger partial charge in [0.2, 0.25) is 5.91 Å². The van der Waals surface area contributed by atoms with Gasteiger partial charge < -0.3 is 4.90 Å². The van der Waals surface area contributed by atoms with Crippen LogP contribution in [0.1, 0.15) is 24.2 Å². The molecule has 1 aliphatic heterocycles. The van der Waals surface area contributed by atoms with Gasteiger partial charge in [0.15, 0.2) is 0 Å². The van der Waals surface area contributed by atoms with E-state index in [9.17, 15) is 4.79 Å². The quantitative estimate of drug-likeness (QED) is 0.866. The Bertz CT molecular complexity index is 624. The number of amides is 1. The van der Waals surface area contributed by atoms with E-state index in [0.29, 0.717) is 6.42 Å². The summed E-state index contributed by atoms with van der Waals surface area (Å²) in [4.78, 5) is 25.2. The van der Waals surface area contributed by atoms with E-state index in [1.54, 1.807) is 12.4 Å². The summed E-state index contributed by atoms with van der Waals surface area (Å²) < 4.78 is 0. The molecule has 120 valence electrons. The second-order valence-corrected chi connectivity index (χ2v) is 5.89. The number of hydrogen-bond acceptors (Lipinski definition) is 4. The summed E-state index contributed by atoms with van der Waals surface area (Å²) >= 11 is 0. The van der Waals surface area contributed by atoms with Gasteiger partial charge in [-0.05, 0) is 30.7 Å². The second-order valence-electron chi connectivity index (χ2n) is 5.89. The van der Waals surface area contributed by atoms with Crippen LogP contribution in [0.15, 0.2) is 48.9 Å². The molecule has 23 heavy (non-hydrogen) atoms. The molecule has 3 heterocycles. The van der Waals surface area contributed by atoms with E-state index in [-0.39, 0.29) is 11.9 Å². The predicted octanol–water partition coefficient (Wildman–Crippen LogP) is 1.92. The number of rotatable bonds is 4. The number of hydrogen-bond donors (Lipinski definition) is 0. The van der Waals surface area contributed by atoms with Crippen molar-refractivity contribution in [2.24, 2.45) is 0 Å². The normalized spacial score (nSPS) is 17.0. The largest absolute Gasteiger partial charge is 0.340 e. The molecule has 0 aliphatic carbocycles. The standard InChI is InChI=1S/C18H22N4O/c1-15(17-6-2-3-8-20-17)21-9-11-22(12-10-21)18(23)13-16-5-4-7-19-14-16/h2-8,14-15H,9-13H2,1H3. The molecule has 2 aromatic rings. The lowest BCUT2D eigenvalue weighted by atomic mass is 10.1. The molecule has 1 atom stereocenters. The highest BCUT2D eigenvalue weighted by atomic mass is 16.2. The van der Waals surface area contributed by atoms with Crippen LogP contribution < -0.4 is 0 Å². The lowest BCUT2D eigenvalue weighted by Crippen LogP contribution is -2.49. The molecular weight excluding hydrogens is 288 g/mol. The van der Waals surface area contributed by atoms with Crippen LogP contribution in [0.5, 0.6) is 0 Å². The first kappa shape index (κ1) is 15.6. The lowest BCUT2D eigenvalue weighted by molar-refractivity contribution is -0.132. The fourth-order valence-corrected chi connectivity index (χ4v) is 2.96. The predicted molar refractivity (Wildman–Crippen MR) is 88.7 cm³/mol. The first-order chi connectivity index (χ1) is 11.2. The highest BCUT2D eigenvalue weighted by Crippen LogP contribution is 2.19. The van der Waals surface area contributed by atoms with Crippen molar-refractivity contribution >= 4 is 5.91 Å². The molecule has 1 amide bonds. The van der Waals surface area contributed by atoms with Crippen molar-refractivity contribution in [3.05, 3.63) is 60.2 Å². The van der Waals surface area contributed by atoms with Crippen molar-refractivity contribution in [1.82, 2.24) is 19.8 Å². The Balaban J connectivity index is 1.53. The van der Waals surface area contributed by atoms with Crippen LogP contribution in [-0.2, 0) is 11.2 Å². The van der Waals surface area contributed by atoms with Gasteiger partial charge in [-0.3, -0.25) is 19.7 Å². The van der Waals surface area contributed by atoms with Crippen LogP contribution >= 0.6 is 0 Å². The molecule has 3 rings (SSSR count). The molecule has 0 radical (unpaired) electrons. The van der Waals surface area contributed by atoms with Gasteiger partial charge in [0, 0.05) is 50.8 Å². The smallest absolute Gasteiger partial charge is 0.227 e. The number of carbonyl (C=O) groups is 1. The van der Waals surface area contributed by atoms with Crippen LogP contribution in [-0.4, -0.2) is 51.9 Å². The molecular formula is C18H22N4O. The average Bonchev–Trinajstić information content (AvgIpc) is 2.63. The molecule has 0 N–H and O–H groups in total. The maximum Gasteiger partial charge on any atom is 0.227 e. The molecule has 1 unspecified atom stereocenters. The van der Waals surface area contributed by atoms with E-state index >= 15 is 0 Å². The van der Waals surface area contributed by atoms with Crippen molar-refractivity contribution in [2.75, 3.05) is 26.2 Å². The third-order valence-electron chi connectivity index (χ3n) is 4.41. The molecule has 1 saturated heterocycles. The number of nitrogens with zero attached hydrogens (tertiary/aromatic N) is 4. The van der Waals surface area contributed by atoms with Crippen molar-refractivity contribution in [1.29, 1.82) is 0 Å². The molecule has 1 fully saturated rings. The first-order valence-electron chi connectivity index (χ1n) is 8.05. The van der Waals surface area contributed by atoms with Crippen molar-refractivity contribution in [3.8, 4) is 0 Å². The Morgan fingerprint density at radius 2 is 1.96 bits per heavy atom. The molecule has 5 heteroatoms. The van der Waals surface area contributed by atoms with E-state index in [1.165, 1.54) is 0 Å². The van der Waals surface area contributed by atoms with Crippen LogP contribution in [0.3, 0.4) is 0 Å². The number of aromatic nitrogens is 2. The van der Waals surface area contributed by atoms with Gasteiger partial charge in [-0.2, -0.15) is 0 Å². The minimum Gasteiger partial charge on any atom is -0.340 e. The van der Waals surface area contributed by atoms with Crippen molar-refractivity contribution in [2.45, 2.75) is 19.4 Å². The Morgan fingerprint density at radius 1 is 1.13 bits per heavy atom. The molecule has 1 aliphatic rings. The minimum absolute atomic E-state index is 0.183. The van der Waals surface area contributed by atoms with Gasteiger partial charge in [-0.1, -0.05) is 12.1 Å². The Labute approximate surface area is 137 Å². The fourth-order valence-electron chi connectivity index (χ4n) is 2.96. The van der Waals surface area contributed by atoms with Gasteiger partial charge in [-0.25, -0.2) is 0 Å². The second kappa shape index (κ2) is 7.33. The van der Waals surface area contributed by atoms with Crippen LogP contribution in [0, 0.1) is 0 Å². The molecule has 0 saturated carbocycles. The highest BCUT2D eigenvalue weighted by molar-refractivity contribution is 5.78. The summed E-state index contributed by atoms with van der Waals surface area (Å²) in [5, 5.41) is 0. The van der Waals surface area contributed by atoms with E-state index < -0.39 is 0 Å². The molecule has 0 spiro atoms. The van der Waals surface area contributed by atoms with Gasteiger partial charge in [0.05, 0.1) is 12.1 Å². The SMILES string of the molecule is CC(c1ccccn1)N1CCN(C(=O)Cc2cccnc2)CC1. The Morgan fingerprint density at radius 3 is 2.61 bits per heavy atom. The van der Waals surface area contributed by atoms with Crippen LogP contribution in [0.25, 0.3) is 0 Å². The third kappa shape index (κ3) is 3.93. The van der Waals surface area contributed by atoms with E-state index in [1.807, 2.05) is 35.4 Å². The molecule has 5 nitrogen and oxygen atoms in total. The molecule has 0 bridgehead atoms. The lowest BCUT2D eigenvalue weighted by Gasteiger charge is -2.37. The van der Waals surface area contributed by atoms with Crippen molar-refractivity contribution in [3.63, 3.8) is 0 Å². The fraction of sp³-hybridized carbons (Fsp3) is 0.389. The van der Waals surface area contributed by atoms with Gasteiger partial charge >= 0.3 is 0 Å². The average molecular weight is 310 g/mol. The molecule has 0 aromatic carbocycles. The summed E-state index contributed by atoms with van der Waals surface area (Å²) in [5.41, 5.74) is 2.06. The highest BCUT2D eigenvalue weighted by Gasteiger charge is 2.25. The van der Waals surface area contributed by atoms with Crippen LogP contribution in [0.2, 0.25) is 0 Å². The maximum atomic E-state index is 12.4. The Hall–Kier alpha value is -2.27. The topological polar surface area (TPSA) is 49.3 Å². The third-order valence-corrected chi connectivity index (χ3v) is 4.41. The number of piperazine rings is 1. The van der Waals surface area contributed by atoms with Gasteiger partial charge in [-0.15, -0.1) is 0 Å². The monoisotopic (exact) mass is 310 g/mol. The number of pyridine rings is 2. The maximum absolute atomic E-state index is 12.4. The Kier molecular flexibility index (Phi) is 4.98. The summed E-state index contributed by atoms with van der Waals surface area (Å²) in [6.07, 6.45) is 5.76. The minimum atomic E-state index is 0.183. The van der Waals surface area contributed by atoms with Crippen molar-refractivity contribution < 1.29 is 4.79 Å². The molecule has 2 aromatic heterocycles. The zero-order chi connectivity index (χ0) is 16.1. The number of carbonyl (C=O) groups excluding carboxylic acids is 1. The summed E-state index contributed by atoms with van der Waals surface area (Å²) in [6, 6.07) is 10.1. The first-order valence-corrected chi connectivity index (χ1v) is 8.05. The zero-order valence-electron chi connectivity index (χ0n) is 13.4. The summed E-state index contributed by atoms with van der Waals surface area (Å²) in [6.45, 7) is 5.50. The van der Waals surface area contributed by atoms with Crippen LogP contribution in [0.4, 0.5) is 0 Å². The van der Waals surface area contributed by atoms with Gasteiger partial charge in [0.1, 0.15) is 0 Å². The summed E-state index contributed by atoms with van der Waals surface area (Å²) in [5.74, 6) is 0.183. The van der Waals surface area contributed by atoms with E-state index in [0.717, 1.165) is 37.4 Å². The van der Waals surface area contributed by atoms with Gasteiger partial charge in [0.25, 0.3) is 0 Å². The summed E-state index contributed by atoms with van der Waals surface area (Å²) in [7, 11) is 0. The van der Waals surface area contributed by atoms with E-state index in [4.69, 9.17) is 0 Å². The van der Waals surface area contributed by atoms with E-state index in [2.05, 4.69) is 27.9 Å².